The molecule has 0 heterocycles. The highest BCUT2D eigenvalue weighted by molar-refractivity contribution is 5.39. The van der Waals surface area contributed by atoms with Gasteiger partial charge in [0.05, 0.1) is 0 Å². The van der Waals surface area contributed by atoms with Crippen LogP contribution >= 0.6 is 0 Å². The molecule has 0 amide bonds. The van der Waals surface area contributed by atoms with Crippen LogP contribution in [0.5, 0.6) is 17.2 Å². The van der Waals surface area contributed by atoms with E-state index in [0.29, 0.717) is 5.92 Å². The van der Waals surface area contributed by atoms with E-state index in [1.54, 1.807) is 0 Å². The smallest absolute Gasteiger partial charge is 0.127 e. The number of hydrogen-bond acceptors (Lipinski definition) is 2. The van der Waals surface area contributed by atoms with Crippen molar-refractivity contribution < 1.29 is 9.47 Å². The summed E-state index contributed by atoms with van der Waals surface area (Å²) in [6.45, 7) is 10.7. The van der Waals surface area contributed by atoms with E-state index in [1.165, 1.54) is 22.3 Å². The monoisotopic (exact) mass is 334 g/mol. The topological polar surface area (TPSA) is 18.5 Å². The second-order valence-electron chi connectivity index (χ2n) is 6.92. The van der Waals surface area contributed by atoms with Crippen molar-refractivity contribution in [2.24, 2.45) is 5.92 Å². The van der Waals surface area contributed by atoms with Gasteiger partial charge in [0.2, 0.25) is 0 Å². The van der Waals surface area contributed by atoms with E-state index < -0.39 is 0 Å². The Bertz CT molecular complexity index is 812. The molecule has 2 nitrogen and oxygen atoms in total. The van der Waals surface area contributed by atoms with Crippen molar-refractivity contribution in [3.63, 3.8) is 0 Å². The zero-order chi connectivity index (χ0) is 18.0. The van der Waals surface area contributed by atoms with Gasteiger partial charge >= 0.3 is 0 Å². The normalized spacial score (nSPS) is 19.9. The molecule has 2 unspecified atom stereocenters. The van der Waals surface area contributed by atoms with E-state index in [4.69, 9.17) is 9.47 Å². The van der Waals surface area contributed by atoms with Crippen LogP contribution in [0.3, 0.4) is 0 Å². The van der Waals surface area contributed by atoms with Crippen molar-refractivity contribution >= 4 is 0 Å². The molecule has 2 aromatic carbocycles. The lowest BCUT2D eigenvalue weighted by Gasteiger charge is -2.27. The quantitative estimate of drug-likeness (QED) is 0.645. The molecule has 2 aromatic rings. The van der Waals surface area contributed by atoms with Crippen LogP contribution in [-0.2, 0) is 0 Å². The molecule has 3 rings (SSSR count). The van der Waals surface area contributed by atoms with Gasteiger partial charge in [-0.25, -0.2) is 0 Å². The maximum Gasteiger partial charge on any atom is 0.127 e. The molecule has 0 fully saturated rings. The zero-order valence-electron chi connectivity index (χ0n) is 15.7. The summed E-state index contributed by atoms with van der Waals surface area (Å²) in [5, 5.41) is 0. The Hall–Kier alpha value is -2.48. The third kappa shape index (κ3) is 3.96. The number of allylic oxidation sites excluding steroid dienone is 2. The van der Waals surface area contributed by atoms with Gasteiger partial charge in [-0.3, -0.25) is 0 Å². The minimum absolute atomic E-state index is 0.0789. The molecule has 1 aliphatic rings. The largest absolute Gasteiger partial charge is 0.486 e. The molecule has 0 radical (unpaired) electrons. The summed E-state index contributed by atoms with van der Waals surface area (Å²) < 4.78 is 12.1. The van der Waals surface area contributed by atoms with Gasteiger partial charge < -0.3 is 9.47 Å². The number of ether oxygens (including phenoxy) is 2. The van der Waals surface area contributed by atoms with Crippen LogP contribution in [0.1, 0.15) is 31.9 Å². The number of rotatable bonds is 4. The van der Waals surface area contributed by atoms with E-state index in [2.05, 4.69) is 58.9 Å². The van der Waals surface area contributed by atoms with Crippen LogP contribution in [0, 0.1) is 19.8 Å². The van der Waals surface area contributed by atoms with Crippen molar-refractivity contribution in [2.75, 3.05) is 0 Å². The Morgan fingerprint density at radius 2 is 1.40 bits per heavy atom. The molecule has 0 N–H and O–H groups in total. The average Bonchev–Trinajstić information content (AvgIpc) is 2.60. The Balaban J connectivity index is 1.66. The first-order valence-corrected chi connectivity index (χ1v) is 8.81. The summed E-state index contributed by atoms with van der Waals surface area (Å²) in [6, 6.07) is 14.0. The number of hydrogen-bond donors (Lipinski definition) is 0. The summed E-state index contributed by atoms with van der Waals surface area (Å²) >= 11 is 0. The minimum Gasteiger partial charge on any atom is -0.486 e. The van der Waals surface area contributed by atoms with Gasteiger partial charge in [0, 0.05) is 5.92 Å². The summed E-state index contributed by atoms with van der Waals surface area (Å²) in [7, 11) is 0. The Morgan fingerprint density at radius 3 is 2.08 bits per heavy atom. The maximum absolute atomic E-state index is 6.15. The van der Waals surface area contributed by atoms with Crippen LogP contribution < -0.4 is 9.47 Å². The highest BCUT2D eigenvalue weighted by Crippen LogP contribution is 2.30. The molecule has 0 aliphatic heterocycles. The predicted molar refractivity (Wildman–Crippen MR) is 104 cm³/mol. The van der Waals surface area contributed by atoms with Gasteiger partial charge in [-0.05, 0) is 81.3 Å². The van der Waals surface area contributed by atoms with Gasteiger partial charge in [0.25, 0.3) is 0 Å². The van der Waals surface area contributed by atoms with E-state index in [0.717, 1.165) is 17.2 Å². The van der Waals surface area contributed by atoms with Gasteiger partial charge in [0.1, 0.15) is 23.4 Å². The molecule has 130 valence electrons. The Morgan fingerprint density at radius 1 is 0.760 bits per heavy atom. The van der Waals surface area contributed by atoms with Gasteiger partial charge in [-0.2, -0.15) is 0 Å². The summed E-state index contributed by atoms with van der Waals surface area (Å²) in [4.78, 5) is 0. The molecular formula is C23H26O2. The van der Waals surface area contributed by atoms with E-state index >= 15 is 0 Å². The zero-order valence-corrected chi connectivity index (χ0v) is 15.7. The SMILES string of the molecule is CC1=C(C)C(C)C(Oc2ccc(Oc3ccc(C)c(C)c3)cc2)C=C1. The van der Waals surface area contributed by atoms with Crippen LogP contribution in [0.2, 0.25) is 0 Å². The summed E-state index contributed by atoms with van der Waals surface area (Å²) in [5.41, 5.74) is 5.23. The minimum atomic E-state index is 0.0789. The van der Waals surface area contributed by atoms with E-state index in [1.807, 2.05) is 30.3 Å². The van der Waals surface area contributed by atoms with Crippen molar-refractivity contribution in [1.29, 1.82) is 0 Å². The van der Waals surface area contributed by atoms with Gasteiger partial charge in [-0.15, -0.1) is 0 Å². The fourth-order valence-corrected chi connectivity index (χ4v) is 2.94. The molecule has 0 bridgehead atoms. The van der Waals surface area contributed by atoms with Crippen LogP contribution in [0.25, 0.3) is 0 Å². The summed E-state index contributed by atoms with van der Waals surface area (Å²) in [5.74, 6) is 2.92. The second-order valence-corrected chi connectivity index (χ2v) is 6.92. The fraction of sp³-hybridized carbons (Fsp3) is 0.304. The third-order valence-corrected chi connectivity index (χ3v) is 5.14. The van der Waals surface area contributed by atoms with Crippen molar-refractivity contribution in [3.8, 4) is 17.2 Å². The summed E-state index contributed by atoms with van der Waals surface area (Å²) in [6.07, 6.45) is 4.37. The maximum atomic E-state index is 6.15. The van der Waals surface area contributed by atoms with Gasteiger partial charge in [-0.1, -0.05) is 30.2 Å². The number of benzene rings is 2. The van der Waals surface area contributed by atoms with Crippen molar-refractivity contribution in [3.05, 3.63) is 76.9 Å². The molecule has 0 spiro atoms. The first-order valence-electron chi connectivity index (χ1n) is 8.81. The predicted octanol–water partition coefficient (Wildman–Crippen LogP) is 6.39. The Labute approximate surface area is 150 Å². The molecule has 0 saturated heterocycles. The molecule has 2 heteroatoms. The fourth-order valence-electron chi connectivity index (χ4n) is 2.94. The Kier molecular flexibility index (Phi) is 4.98. The lowest BCUT2D eigenvalue weighted by atomic mass is 9.88. The average molecular weight is 334 g/mol. The molecule has 25 heavy (non-hydrogen) atoms. The molecule has 0 aromatic heterocycles. The van der Waals surface area contributed by atoms with E-state index in [9.17, 15) is 0 Å². The number of aryl methyl sites for hydroxylation is 2. The van der Waals surface area contributed by atoms with E-state index in [-0.39, 0.29) is 6.10 Å². The molecule has 0 saturated carbocycles. The lowest BCUT2D eigenvalue weighted by Crippen LogP contribution is -2.26. The van der Waals surface area contributed by atoms with Crippen LogP contribution in [0.4, 0.5) is 0 Å². The highest BCUT2D eigenvalue weighted by Gasteiger charge is 2.22. The lowest BCUT2D eigenvalue weighted by molar-refractivity contribution is 0.202. The third-order valence-electron chi connectivity index (χ3n) is 5.14. The highest BCUT2D eigenvalue weighted by atomic mass is 16.5. The van der Waals surface area contributed by atoms with Crippen LogP contribution in [-0.4, -0.2) is 6.10 Å². The molecular weight excluding hydrogens is 308 g/mol. The standard InChI is InChI=1S/C23H26O2/c1-15-6-8-22(14-17(15)3)24-20-9-11-21(12-10-20)25-23-13-7-16(2)18(4)19(23)5/h6-14,19,23H,1-5H3. The van der Waals surface area contributed by atoms with Gasteiger partial charge in [0.15, 0.2) is 0 Å². The molecule has 1 aliphatic carbocycles. The van der Waals surface area contributed by atoms with Crippen LogP contribution in [0.15, 0.2) is 65.8 Å². The molecule has 2 atom stereocenters. The van der Waals surface area contributed by atoms with Crippen molar-refractivity contribution in [1.82, 2.24) is 0 Å². The van der Waals surface area contributed by atoms with Crippen molar-refractivity contribution in [2.45, 2.75) is 40.7 Å². The first-order chi connectivity index (χ1) is 11.9. The second kappa shape index (κ2) is 7.18. The first kappa shape index (κ1) is 17.3.